The first-order valence-electron chi connectivity index (χ1n) is 7.59. The van der Waals surface area contributed by atoms with E-state index in [1.54, 1.807) is 18.0 Å². The summed E-state index contributed by atoms with van der Waals surface area (Å²) in [6, 6.07) is 16.6. The van der Waals surface area contributed by atoms with Crippen LogP contribution in [0.2, 0.25) is 0 Å². The van der Waals surface area contributed by atoms with E-state index < -0.39 is 0 Å². The summed E-state index contributed by atoms with van der Waals surface area (Å²) in [5.74, 6) is 0.649. The number of thiophene rings is 1. The molecule has 2 aromatic carbocycles. The molecule has 0 aliphatic rings. The number of aromatic nitrogens is 3. The van der Waals surface area contributed by atoms with Gasteiger partial charge >= 0.3 is 0 Å². The van der Waals surface area contributed by atoms with Crippen molar-refractivity contribution in [1.82, 2.24) is 15.0 Å². The van der Waals surface area contributed by atoms with Gasteiger partial charge in [-0.25, -0.2) is 0 Å². The van der Waals surface area contributed by atoms with Gasteiger partial charge in [0, 0.05) is 5.69 Å². The standard InChI is InChI=1S/C18H14N4O2S/c1-24-14-7-5-13(6-8-14)22-20-15-9-4-12(11-16(15)21-22)19-18(23)17-3-2-10-25-17/h2-11H,1H3,(H,19,23). The van der Waals surface area contributed by atoms with Crippen molar-refractivity contribution in [2.45, 2.75) is 0 Å². The summed E-state index contributed by atoms with van der Waals surface area (Å²) in [6.45, 7) is 0. The molecule has 2 heterocycles. The number of amides is 1. The lowest BCUT2D eigenvalue weighted by Gasteiger charge is -2.02. The smallest absolute Gasteiger partial charge is 0.265 e. The third-order valence-corrected chi connectivity index (χ3v) is 4.56. The maximum Gasteiger partial charge on any atom is 0.265 e. The first-order chi connectivity index (χ1) is 12.2. The quantitative estimate of drug-likeness (QED) is 0.609. The molecular weight excluding hydrogens is 336 g/mol. The molecule has 4 aromatic rings. The van der Waals surface area contributed by atoms with Crippen LogP contribution >= 0.6 is 11.3 Å². The predicted molar refractivity (Wildman–Crippen MR) is 97.7 cm³/mol. The SMILES string of the molecule is COc1ccc(-n2nc3ccc(NC(=O)c4cccs4)cc3n2)cc1. The molecule has 0 radical (unpaired) electrons. The highest BCUT2D eigenvalue weighted by Gasteiger charge is 2.09. The van der Waals surface area contributed by atoms with Crippen LogP contribution in [0.5, 0.6) is 5.75 Å². The van der Waals surface area contributed by atoms with Crippen molar-refractivity contribution < 1.29 is 9.53 Å². The molecule has 1 N–H and O–H groups in total. The van der Waals surface area contributed by atoms with Crippen molar-refractivity contribution in [3.63, 3.8) is 0 Å². The van der Waals surface area contributed by atoms with Gasteiger partial charge in [-0.2, -0.15) is 4.80 Å². The minimum absolute atomic E-state index is 0.128. The maximum absolute atomic E-state index is 12.1. The van der Waals surface area contributed by atoms with E-state index in [9.17, 15) is 4.79 Å². The predicted octanol–water partition coefficient (Wildman–Crippen LogP) is 3.74. The first-order valence-corrected chi connectivity index (χ1v) is 8.47. The number of anilines is 1. The van der Waals surface area contributed by atoms with Gasteiger partial charge < -0.3 is 10.1 Å². The Balaban J connectivity index is 1.61. The number of rotatable bonds is 4. The van der Waals surface area contributed by atoms with Crippen LogP contribution in [0.15, 0.2) is 60.0 Å². The number of nitrogens with one attached hydrogen (secondary N) is 1. The van der Waals surface area contributed by atoms with E-state index in [1.807, 2.05) is 53.9 Å². The Morgan fingerprint density at radius 3 is 2.60 bits per heavy atom. The van der Waals surface area contributed by atoms with Crippen LogP contribution in [0.1, 0.15) is 9.67 Å². The van der Waals surface area contributed by atoms with Crippen molar-refractivity contribution in [2.75, 3.05) is 12.4 Å². The highest BCUT2D eigenvalue weighted by molar-refractivity contribution is 7.12. The lowest BCUT2D eigenvalue weighted by Crippen LogP contribution is -2.09. The number of hydrogen-bond donors (Lipinski definition) is 1. The lowest BCUT2D eigenvalue weighted by atomic mass is 10.2. The monoisotopic (exact) mass is 350 g/mol. The molecule has 0 aliphatic heterocycles. The van der Waals surface area contributed by atoms with Crippen molar-refractivity contribution >= 4 is 34.0 Å². The van der Waals surface area contributed by atoms with Crippen LogP contribution in [0.25, 0.3) is 16.7 Å². The summed E-state index contributed by atoms with van der Waals surface area (Å²) in [5.41, 5.74) is 2.98. The minimum atomic E-state index is -0.128. The number of nitrogens with zero attached hydrogens (tertiary/aromatic N) is 3. The number of fused-ring (bicyclic) bond motifs is 1. The van der Waals surface area contributed by atoms with Gasteiger partial charge in [-0.05, 0) is 53.9 Å². The zero-order valence-electron chi connectivity index (χ0n) is 13.3. The number of benzene rings is 2. The Bertz CT molecular complexity index is 1020. The Morgan fingerprint density at radius 1 is 1.08 bits per heavy atom. The summed E-state index contributed by atoms with van der Waals surface area (Å²) >= 11 is 1.40. The molecular formula is C18H14N4O2S. The second kappa shape index (κ2) is 6.37. The van der Waals surface area contributed by atoms with Gasteiger partial charge in [0.15, 0.2) is 0 Å². The molecule has 4 rings (SSSR count). The molecule has 0 saturated carbocycles. The molecule has 6 nitrogen and oxygen atoms in total. The van der Waals surface area contributed by atoms with E-state index in [2.05, 4.69) is 15.5 Å². The van der Waals surface area contributed by atoms with Crippen molar-refractivity contribution in [3.8, 4) is 11.4 Å². The van der Waals surface area contributed by atoms with Crippen LogP contribution in [-0.4, -0.2) is 28.0 Å². The van der Waals surface area contributed by atoms with Crippen molar-refractivity contribution in [1.29, 1.82) is 0 Å². The van der Waals surface area contributed by atoms with E-state index in [-0.39, 0.29) is 5.91 Å². The normalized spacial score (nSPS) is 10.8. The van der Waals surface area contributed by atoms with E-state index in [0.717, 1.165) is 17.0 Å². The third-order valence-electron chi connectivity index (χ3n) is 3.69. The first kappa shape index (κ1) is 15.3. The van der Waals surface area contributed by atoms with Gasteiger partial charge in [-0.15, -0.1) is 21.5 Å². The zero-order chi connectivity index (χ0) is 17.2. The van der Waals surface area contributed by atoms with Crippen LogP contribution < -0.4 is 10.1 Å². The maximum atomic E-state index is 12.1. The van der Waals surface area contributed by atoms with E-state index in [4.69, 9.17) is 4.74 Å². The van der Waals surface area contributed by atoms with Gasteiger partial charge in [0.05, 0.1) is 17.7 Å². The number of carbonyl (C=O) groups is 1. The molecule has 0 fully saturated rings. The van der Waals surface area contributed by atoms with Crippen LogP contribution in [0.4, 0.5) is 5.69 Å². The molecule has 0 saturated heterocycles. The minimum Gasteiger partial charge on any atom is -0.497 e. The Labute approximate surface area is 147 Å². The van der Waals surface area contributed by atoms with Crippen molar-refractivity contribution in [3.05, 3.63) is 64.9 Å². The topological polar surface area (TPSA) is 69.0 Å². The number of carbonyl (C=O) groups excluding carboxylic acids is 1. The van der Waals surface area contributed by atoms with E-state index in [1.165, 1.54) is 11.3 Å². The molecule has 2 aromatic heterocycles. The summed E-state index contributed by atoms with van der Waals surface area (Å²) < 4.78 is 5.16. The largest absolute Gasteiger partial charge is 0.497 e. The van der Waals surface area contributed by atoms with Crippen molar-refractivity contribution in [2.24, 2.45) is 0 Å². The summed E-state index contributed by atoms with van der Waals surface area (Å²) in [4.78, 5) is 14.4. The molecule has 0 atom stereocenters. The van der Waals surface area contributed by atoms with Crippen LogP contribution in [0.3, 0.4) is 0 Å². The zero-order valence-corrected chi connectivity index (χ0v) is 14.2. The molecule has 124 valence electrons. The van der Waals surface area contributed by atoms with Gasteiger partial charge in [0.1, 0.15) is 16.8 Å². The Kier molecular flexibility index (Phi) is 3.91. The van der Waals surface area contributed by atoms with Gasteiger partial charge in [0.2, 0.25) is 0 Å². The fourth-order valence-corrected chi connectivity index (χ4v) is 3.04. The Hall–Kier alpha value is -3.19. The van der Waals surface area contributed by atoms with Gasteiger partial charge in [-0.3, -0.25) is 4.79 Å². The molecule has 0 aliphatic carbocycles. The fourth-order valence-electron chi connectivity index (χ4n) is 2.42. The molecule has 0 bridgehead atoms. The summed E-state index contributed by atoms with van der Waals surface area (Å²) in [7, 11) is 1.63. The van der Waals surface area contributed by atoms with Crippen LogP contribution in [0, 0.1) is 0 Å². The average molecular weight is 350 g/mol. The highest BCUT2D eigenvalue weighted by Crippen LogP contribution is 2.20. The molecule has 1 amide bonds. The lowest BCUT2D eigenvalue weighted by molar-refractivity contribution is 0.103. The molecule has 0 spiro atoms. The molecule has 0 unspecified atom stereocenters. The second-order valence-corrected chi connectivity index (χ2v) is 6.27. The van der Waals surface area contributed by atoms with Crippen LogP contribution in [-0.2, 0) is 0 Å². The third kappa shape index (κ3) is 3.09. The van der Waals surface area contributed by atoms with Gasteiger partial charge in [-0.1, -0.05) is 6.07 Å². The summed E-state index contributed by atoms with van der Waals surface area (Å²) in [5, 5.41) is 13.7. The molecule has 25 heavy (non-hydrogen) atoms. The number of ether oxygens (including phenoxy) is 1. The number of hydrogen-bond acceptors (Lipinski definition) is 5. The highest BCUT2D eigenvalue weighted by atomic mass is 32.1. The average Bonchev–Trinajstić information content (AvgIpc) is 3.31. The molecule has 7 heteroatoms. The number of methoxy groups -OCH3 is 1. The Morgan fingerprint density at radius 2 is 1.88 bits per heavy atom. The van der Waals surface area contributed by atoms with Gasteiger partial charge in [0.25, 0.3) is 5.91 Å². The second-order valence-electron chi connectivity index (χ2n) is 5.32. The van der Waals surface area contributed by atoms with E-state index >= 15 is 0 Å². The fraction of sp³-hybridized carbons (Fsp3) is 0.0556. The van der Waals surface area contributed by atoms with E-state index in [0.29, 0.717) is 16.1 Å². The summed E-state index contributed by atoms with van der Waals surface area (Å²) in [6.07, 6.45) is 0.